The van der Waals surface area contributed by atoms with E-state index in [1.54, 1.807) is 0 Å². The number of hydrogen-bond acceptors (Lipinski definition) is 1. The molecule has 0 atom stereocenters. The van der Waals surface area contributed by atoms with E-state index in [0.29, 0.717) is 0 Å². The molecule has 0 aliphatic carbocycles. The van der Waals surface area contributed by atoms with Crippen molar-refractivity contribution in [2.75, 3.05) is 6.54 Å². The first kappa shape index (κ1) is 7.15. The second-order valence-electron chi connectivity index (χ2n) is 3.54. The number of nitrogens with one attached hydrogen (secondary N) is 1. The summed E-state index contributed by atoms with van der Waals surface area (Å²) in [6.45, 7) is 2.13. The van der Waals surface area contributed by atoms with Crippen LogP contribution in [0.15, 0.2) is 30.5 Å². The maximum atomic E-state index is 3.39. The Kier molecular flexibility index (Phi) is 1.43. The quantitative estimate of drug-likeness (QED) is 0.638. The summed E-state index contributed by atoms with van der Waals surface area (Å²) < 4.78 is 2.30. The minimum Gasteiger partial charge on any atom is -0.321 e. The van der Waals surface area contributed by atoms with Gasteiger partial charge in [0.15, 0.2) is 0 Å². The van der Waals surface area contributed by atoms with Crippen molar-refractivity contribution in [2.45, 2.75) is 13.0 Å². The Bertz CT molecular complexity index is 442. The Morgan fingerprint density at radius 1 is 1.31 bits per heavy atom. The minimum atomic E-state index is 1.02. The Morgan fingerprint density at radius 2 is 2.31 bits per heavy atom. The van der Waals surface area contributed by atoms with Crippen molar-refractivity contribution in [3.63, 3.8) is 0 Å². The van der Waals surface area contributed by atoms with Crippen LogP contribution in [0.3, 0.4) is 0 Å². The van der Waals surface area contributed by atoms with Crippen molar-refractivity contribution in [2.24, 2.45) is 0 Å². The van der Waals surface area contributed by atoms with E-state index in [2.05, 4.69) is 40.2 Å². The van der Waals surface area contributed by atoms with Gasteiger partial charge in [-0.05, 0) is 23.8 Å². The fraction of sp³-hybridized carbons (Fsp3) is 0.273. The minimum absolute atomic E-state index is 1.02. The largest absolute Gasteiger partial charge is 0.321 e. The van der Waals surface area contributed by atoms with Crippen LogP contribution in [-0.4, -0.2) is 10.9 Å². The van der Waals surface area contributed by atoms with E-state index in [4.69, 9.17) is 0 Å². The number of nitrogens with zero attached hydrogens (tertiary/aromatic N) is 1. The number of rotatable bonds is 0. The van der Waals surface area contributed by atoms with Crippen molar-refractivity contribution in [3.05, 3.63) is 41.7 Å². The van der Waals surface area contributed by atoms with Gasteiger partial charge in [-0.15, -0.1) is 0 Å². The first-order valence-corrected chi connectivity index (χ1v) is 4.74. The molecule has 1 aliphatic rings. The summed E-state index contributed by atoms with van der Waals surface area (Å²) in [5.74, 6) is 0. The van der Waals surface area contributed by atoms with Crippen LogP contribution in [-0.2, 0) is 13.0 Å². The normalized spacial score (nSPS) is 16.0. The van der Waals surface area contributed by atoms with Gasteiger partial charge in [0.25, 0.3) is 0 Å². The van der Waals surface area contributed by atoms with Gasteiger partial charge in [-0.25, -0.2) is 0 Å². The van der Waals surface area contributed by atoms with Gasteiger partial charge in [0.1, 0.15) is 0 Å². The molecule has 1 aliphatic heterocycles. The van der Waals surface area contributed by atoms with Crippen LogP contribution in [0.5, 0.6) is 0 Å². The molecule has 3 heterocycles. The zero-order chi connectivity index (χ0) is 8.67. The van der Waals surface area contributed by atoms with E-state index in [1.165, 1.54) is 16.8 Å². The van der Waals surface area contributed by atoms with Crippen LogP contribution in [0.1, 0.15) is 11.3 Å². The maximum absolute atomic E-state index is 3.39. The summed E-state index contributed by atoms with van der Waals surface area (Å²) in [4.78, 5) is 0. The van der Waals surface area contributed by atoms with Gasteiger partial charge in [-0.1, -0.05) is 6.07 Å². The van der Waals surface area contributed by atoms with Crippen LogP contribution >= 0.6 is 0 Å². The second kappa shape index (κ2) is 2.60. The van der Waals surface area contributed by atoms with Gasteiger partial charge in [0.05, 0.1) is 0 Å². The van der Waals surface area contributed by atoms with Crippen LogP contribution in [0.4, 0.5) is 0 Å². The molecule has 0 amide bonds. The fourth-order valence-corrected chi connectivity index (χ4v) is 2.10. The molecule has 2 aromatic rings. The van der Waals surface area contributed by atoms with E-state index < -0.39 is 0 Å². The van der Waals surface area contributed by atoms with Crippen LogP contribution in [0.25, 0.3) is 5.52 Å². The fourth-order valence-electron chi connectivity index (χ4n) is 2.10. The molecule has 1 N–H and O–H groups in total. The smallest absolute Gasteiger partial charge is 0.0456 e. The Balaban J connectivity index is 2.34. The average Bonchev–Trinajstić information content (AvgIpc) is 2.56. The van der Waals surface area contributed by atoms with Crippen LogP contribution in [0.2, 0.25) is 0 Å². The molecule has 0 spiro atoms. The standard InChI is InChI=1S/C11H12N2/c1-2-6-13-10(3-1)7-9-8-12-5-4-11(9)13/h1-3,6-7,12H,4-5,8H2. The zero-order valence-corrected chi connectivity index (χ0v) is 7.46. The molecule has 0 saturated heterocycles. The molecule has 0 bridgehead atoms. The zero-order valence-electron chi connectivity index (χ0n) is 7.46. The van der Waals surface area contributed by atoms with E-state index in [0.717, 1.165) is 19.5 Å². The number of aromatic nitrogens is 1. The summed E-state index contributed by atoms with van der Waals surface area (Å²) in [7, 11) is 0. The van der Waals surface area contributed by atoms with Gasteiger partial charge in [0, 0.05) is 36.9 Å². The highest BCUT2D eigenvalue weighted by Gasteiger charge is 2.12. The molecule has 0 fully saturated rings. The molecule has 0 unspecified atom stereocenters. The monoisotopic (exact) mass is 172 g/mol. The summed E-state index contributed by atoms with van der Waals surface area (Å²) in [5, 5.41) is 3.39. The highest BCUT2D eigenvalue weighted by atomic mass is 14.9. The lowest BCUT2D eigenvalue weighted by atomic mass is 10.1. The Labute approximate surface area is 77.2 Å². The second-order valence-corrected chi connectivity index (χ2v) is 3.54. The van der Waals surface area contributed by atoms with E-state index in [-0.39, 0.29) is 0 Å². The molecule has 0 saturated carbocycles. The third-order valence-corrected chi connectivity index (χ3v) is 2.73. The van der Waals surface area contributed by atoms with Crippen LogP contribution < -0.4 is 5.32 Å². The number of hydrogen-bond donors (Lipinski definition) is 1. The molecule has 0 radical (unpaired) electrons. The predicted octanol–water partition coefficient (Wildman–Crippen LogP) is 1.58. The van der Waals surface area contributed by atoms with Gasteiger partial charge in [-0.3, -0.25) is 0 Å². The third-order valence-electron chi connectivity index (χ3n) is 2.73. The first-order chi connectivity index (χ1) is 6.45. The molecule has 2 heteroatoms. The van der Waals surface area contributed by atoms with Crippen molar-refractivity contribution >= 4 is 5.52 Å². The maximum Gasteiger partial charge on any atom is 0.0456 e. The topological polar surface area (TPSA) is 16.4 Å². The highest BCUT2D eigenvalue weighted by Crippen LogP contribution is 2.19. The summed E-state index contributed by atoms with van der Waals surface area (Å²) >= 11 is 0. The summed E-state index contributed by atoms with van der Waals surface area (Å²) in [6, 6.07) is 8.63. The van der Waals surface area contributed by atoms with Gasteiger partial charge >= 0.3 is 0 Å². The molecule has 2 aromatic heterocycles. The molecular weight excluding hydrogens is 160 g/mol. The van der Waals surface area contributed by atoms with Crippen LogP contribution in [0, 0.1) is 0 Å². The lowest BCUT2D eigenvalue weighted by Crippen LogP contribution is -2.23. The van der Waals surface area contributed by atoms with E-state index >= 15 is 0 Å². The van der Waals surface area contributed by atoms with Crippen molar-refractivity contribution < 1.29 is 0 Å². The van der Waals surface area contributed by atoms with Gasteiger partial charge in [0.2, 0.25) is 0 Å². The van der Waals surface area contributed by atoms with Gasteiger partial charge < -0.3 is 9.72 Å². The summed E-state index contributed by atoms with van der Waals surface area (Å²) in [6.07, 6.45) is 3.30. The summed E-state index contributed by atoms with van der Waals surface area (Å²) in [5.41, 5.74) is 4.25. The molecule has 2 nitrogen and oxygen atoms in total. The Morgan fingerprint density at radius 3 is 3.31 bits per heavy atom. The number of fused-ring (bicyclic) bond motifs is 3. The van der Waals surface area contributed by atoms with Crippen molar-refractivity contribution in [3.8, 4) is 0 Å². The average molecular weight is 172 g/mol. The SMILES string of the molecule is c1ccn2c3c(cc2c1)CNCC3. The third kappa shape index (κ3) is 0.988. The molecule has 66 valence electrons. The van der Waals surface area contributed by atoms with Crippen molar-refractivity contribution in [1.29, 1.82) is 0 Å². The van der Waals surface area contributed by atoms with Crippen molar-refractivity contribution in [1.82, 2.24) is 9.72 Å². The first-order valence-electron chi connectivity index (χ1n) is 4.74. The molecule has 0 aromatic carbocycles. The van der Waals surface area contributed by atoms with E-state index in [9.17, 15) is 0 Å². The molecule has 13 heavy (non-hydrogen) atoms. The Hall–Kier alpha value is -1.28. The lowest BCUT2D eigenvalue weighted by molar-refractivity contribution is 0.632. The van der Waals surface area contributed by atoms with Gasteiger partial charge in [-0.2, -0.15) is 0 Å². The lowest BCUT2D eigenvalue weighted by Gasteiger charge is -2.13. The molecular formula is C11H12N2. The molecule has 3 rings (SSSR count). The number of pyridine rings is 1. The highest BCUT2D eigenvalue weighted by molar-refractivity contribution is 5.53. The predicted molar refractivity (Wildman–Crippen MR) is 52.8 cm³/mol. The van der Waals surface area contributed by atoms with E-state index in [1.807, 2.05) is 0 Å².